The average molecular weight is 344 g/mol. The van der Waals surface area contributed by atoms with Crippen molar-refractivity contribution in [3.8, 4) is 17.2 Å². The maximum atomic E-state index is 12.2. The summed E-state index contributed by atoms with van der Waals surface area (Å²) in [5.41, 5.74) is 0.599. The molecule has 0 saturated carbocycles. The summed E-state index contributed by atoms with van der Waals surface area (Å²) in [6.07, 6.45) is 0.814. The maximum Gasteiger partial charge on any atom is 0.314 e. The first-order valence-corrected chi connectivity index (χ1v) is 8.09. The van der Waals surface area contributed by atoms with Crippen LogP contribution in [0.2, 0.25) is 0 Å². The fourth-order valence-corrected chi connectivity index (χ4v) is 3.03. The lowest BCUT2D eigenvalue weighted by Crippen LogP contribution is -2.37. The van der Waals surface area contributed by atoms with E-state index in [1.165, 1.54) is 0 Å². The molecule has 0 spiro atoms. The molecule has 1 unspecified atom stereocenters. The van der Waals surface area contributed by atoms with Gasteiger partial charge in [0, 0.05) is 0 Å². The summed E-state index contributed by atoms with van der Waals surface area (Å²) in [7, 11) is 4.72. The monoisotopic (exact) mass is 344 g/mol. The van der Waals surface area contributed by atoms with Crippen LogP contribution in [0.15, 0.2) is 42.5 Å². The highest BCUT2D eigenvalue weighted by molar-refractivity contribution is 5.82. The van der Waals surface area contributed by atoms with Gasteiger partial charge >= 0.3 is 5.97 Å². The zero-order valence-corrected chi connectivity index (χ0v) is 15.0. The zero-order chi connectivity index (χ0) is 18.4. The molecule has 0 amide bonds. The molecule has 0 aliphatic heterocycles. The second-order valence-corrected chi connectivity index (χ2v) is 5.84. The Morgan fingerprint density at radius 3 is 2.08 bits per heavy atom. The van der Waals surface area contributed by atoms with Crippen LogP contribution >= 0.6 is 0 Å². The van der Waals surface area contributed by atoms with E-state index < -0.39 is 11.4 Å². The standard InChI is InChI=1S/C20H24O5/c1-5-20(19(21)22,15-7-9-16(23-2)10-8-15)13-14-6-11-17(24-3)18(12-14)25-4/h6-12H,5,13H2,1-4H3,(H,21,22). The van der Waals surface area contributed by atoms with Crippen LogP contribution in [0.5, 0.6) is 17.2 Å². The fraction of sp³-hybridized carbons (Fsp3) is 0.350. The number of hydrogen-bond donors (Lipinski definition) is 1. The molecule has 0 saturated heterocycles. The number of carboxylic acids is 1. The second kappa shape index (κ2) is 7.92. The van der Waals surface area contributed by atoms with Crippen molar-refractivity contribution in [2.75, 3.05) is 21.3 Å². The van der Waals surface area contributed by atoms with E-state index in [1.54, 1.807) is 39.5 Å². The highest BCUT2D eigenvalue weighted by Crippen LogP contribution is 2.36. The molecule has 25 heavy (non-hydrogen) atoms. The molecule has 1 atom stereocenters. The van der Waals surface area contributed by atoms with Crippen molar-refractivity contribution in [1.29, 1.82) is 0 Å². The Balaban J connectivity index is 2.45. The normalized spacial score (nSPS) is 13.0. The second-order valence-electron chi connectivity index (χ2n) is 5.84. The van der Waals surface area contributed by atoms with Crippen molar-refractivity contribution in [2.24, 2.45) is 0 Å². The molecule has 1 N–H and O–H groups in total. The van der Waals surface area contributed by atoms with E-state index >= 15 is 0 Å². The van der Waals surface area contributed by atoms with E-state index in [0.29, 0.717) is 30.1 Å². The molecular weight excluding hydrogens is 320 g/mol. The van der Waals surface area contributed by atoms with Gasteiger partial charge in [0.2, 0.25) is 0 Å². The number of carboxylic acid groups (broad SMARTS) is 1. The van der Waals surface area contributed by atoms with Gasteiger partial charge in [-0.15, -0.1) is 0 Å². The molecule has 2 aromatic carbocycles. The van der Waals surface area contributed by atoms with Gasteiger partial charge in [0.05, 0.1) is 26.7 Å². The number of methoxy groups -OCH3 is 3. The molecule has 5 heteroatoms. The van der Waals surface area contributed by atoms with Gasteiger partial charge in [0.25, 0.3) is 0 Å². The Labute approximate surface area is 148 Å². The van der Waals surface area contributed by atoms with Gasteiger partial charge < -0.3 is 19.3 Å². The van der Waals surface area contributed by atoms with Crippen molar-refractivity contribution in [2.45, 2.75) is 25.2 Å². The Morgan fingerprint density at radius 1 is 0.960 bits per heavy atom. The van der Waals surface area contributed by atoms with Gasteiger partial charge in [-0.2, -0.15) is 0 Å². The van der Waals surface area contributed by atoms with E-state index in [0.717, 1.165) is 11.1 Å². The van der Waals surface area contributed by atoms with Crippen LogP contribution in [0, 0.1) is 0 Å². The fourth-order valence-electron chi connectivity index (χ4n) is 3.03. The maximum absolute atomic E-state index is 12.2. The van der Waals surface area contributed by atoms with Crippen LogP contribution in [-0.4, -0.2) is 32.4 Å². The third kappa shape index (κ3) is 3.71. The highest BCUT2D eigenvalue weighted by Gasteiger charge is 2.39. The summed E-state index contributed by atoms with van der Waals surface area (Å²) < 4.78 is 15.8. The van der Waals surface area contributed by atoms with Crippen LogP contribution < -0.4 is 14.2 Å². The molecule has 0 fully saturated rings. The summed E-state index contributed by atoms with van der Waals surface area (Å²) in [4.78, 5) is 12.2. The SMILES string of the molecule is CCC(Cc1ccc(OC)c(OC)c1)(C(=O)O)c1ccc(OC)cc1. The molecule has 5 nitrogen and oxygen atoms in total. The van der Waals surface area contributed by atoms with Crippen LogP contribution in [-0.2, 0) is 16.6 Å². The largest absolute Gasteiger partial charge is 0.497 e. The lowest BCUT2D eigenvalue weighted by atomic mass is 9.73. The quantitative estimate of drug-likeness (QED) is 0.791. The lowest BCUT2D eigenvalue weighted by molar-refractivity contribution is -0.144. The Morgan fingerprint density at radius 2 is 1.60 bits per heavy atom. The summed E-state index contributed by atoms with van der Waals surface area (Å²) in [5, 5.41) is 10.0. The Hall–Kier alpha value is -2.69. The Bertz CT molecular complexity index is 723. The van der Waals surface area contributed by atoms with E-state index in [4.69, 9.17) is 14.2 Å². The Kier molecular flexibility index (Phi) is 5.91. The number of rotatable bonds is 8. The molecule has 0 aromatic heterocycles. The number of aliphatic carboxylic acids is 1. The van der Waals surface area contributed by atoms with Gasteiger partial charge in [-0.25, -0.2) is 0 Å². The van der Waals surface area contributed by atoms with Gasteiger partial charge in [-0.3, -0.25) is 4.79 Å². The molecule has 0 aliphatic carbocycles. The minimum atomic E-state index is -1.02. The van der Waals surface area contributed by atoms with Crippen molar-refractivity contribution in [3.63, 3.8) is 0 Å². The third-order valence-electron chi connectivity index (χ3n) is 4.61. The minimum Gasteiger partial charge on any atom is -0.497 e. The highest BCUT2D eigenvalue weighted by atomic mass is 16.5. The van der Waals surface area contributed by atoms with Gasteiger partial charge in [-0.1, -0.05) is 25.1 Å². The van der Waals surface area contributed by atoms with E-state index in [2.05, 4.69) is 0 Å². The average Bonchev–Trinajstić information content (AvgIpc) is 2.65. The van der Waals surface area contributed by atoms with Crippen molar-refractivity contribution in [3.05, 3.63) is 53.6 Å². The predicted octanol–water partition coefficient (Wildman–Crippen LogP) is 3.69. The smallest absolute Gasteiger partial charge is 0.314 e. The van der Waals surface area contributed by atoms with Crippen LogP contribution in [0.4, 0.5) is 0 Å². The van der Waals surface area contributed by atoms with Crippen LogP contribution in [0.1, 0.15) is 24.5 Å². The molecule has 0 aliphatic rings. The van der Waals surface area contributed by atoms with Crippen molar-refractivity contribution >= 4 is 5.97 Å². The first kappa shape index (κ1) is 18.6. The summed E-state index contributed by atoms with van der Waals surface area (Å²) >= 11 is 0. The van der Waals surface area contributed by atoms with Crippen LogP contribution in [0.3, 0.4) is 0 Å². The van der Waals surface area contributed by atoms with E-state index in [-0.39, 0.29) is 0 Å². The molecule has 0 radical (unpaired) electrons. The zero-order valence-electron chi connectivity index (χ0n) is 15.0. The van der Waals surface area contributed by atoms with Crippen molar-refractivity contribution < 1.29 is 24.1 Å². The van der Waals surface area contributed by atoms with Gasteiger partial charge in [0.15, 0.2) is 11.5 Å². The minimum absolute atomic E-state index is 0.353. The molecule has 2 rings (SSSR count). The first-order chi connectivity index (χ1) is 12.0. The molecule has 134 valence electrons. The molecular formula is C20H24O5. The molecule has 0 heterocycles. The van der Waals surface area contributed by atoms with Gasteiger partial charge in [-0.05, 0) is 48.2 Å². The first-order valence-electron chi connectivity index (χ1n) is 8.09. The van der Waals surface area contributed by atoms with E-state index in [1.807, 2.05) is 31.2 Å². The van der Waals surface area contributed by atoms with Crippen LogP contribution in [0.25, 0.3) is 0 Å². The van der Waals surface area contributed by atoms with Gasteiger partial charge in [0.1, 0.15) is 5.75 Å². The number of benzene rings is 2. The summed E-state index contributed by atoms with van der Waals surface area (Å²) in [5.74, 6) is 1.05. The van der Waals surface area contributed by atoms with E-state index in [9.17, 15) is 9.90 Å². The summed E-state index contributed by atoms with van der Waals surface area (Å²) in [6, 6.07) is 12.7. The topological polar surface area (TPSA) is 65.0 Å². The lowest BCUT2D eigenvalue weighted by Gasteiger charge is -2.29. The number of carbonyl (C=O) groups is 1. The van der Waals surface area contributed by atoms with Crippen molar-refractivity contribution in [1.82, 2.24) is 0 Å². The number of ether oxygens (including phenoxy) is 3. The molecule has 0 bridgehead atoms. The third-order valence-corrected chi connectivity index (χ3v) is 4.61. The number of hydrogen-bond acceptors (Lipinski definition) is 4. The predicted molar refractivity (Wildman–Crippen MR) is 95.8 cm³/mol. The molecule has 2 aromatic rings. The summed E-state index contributed by atoms with van der Waals surface area (Å²) in [6.45, 7) is 1.89.